The molecule has 0 amide bonds. The lowest BCUT2D eigenvalue weighted by Gasteiger charge is -2.37. The molecular weight excluding hydrogens is 537 g/mol. The van der Waals surface area contributed by atoms with Crippen molar-refractivity contribution in [2.24, 2.45) is 11.0 Å². The first-order valence-electron chi connectivity index (χ1n) is 9.72. The van der Waals surface area contributed by atoms with Crippen molar-refractivity contribution in [1.29, 1.82) is 0 Å². The largest absolute Gasteiger partial charge is 0.790 e. The second kappa shape index (κ2) is 9.03. The molecule has 35 heavy (non-hydrogen) atoms. The summed E-state index contributed by atoms with van der Waals surface area (Å²) in [4.78, 5) is 52.4. The number of hydrogen-bond acceptors (Lipinski definition) is 16. The summed E-state index contributed by atoms with van der Waals surface area (Å²) >= 11 is 0. The van der Waals surface area contributed by atoms with Crippen LogP contribution in [0.5, 0.6) is 0 Å². The molecule has 1 saturated carbocycles. The summed E-state index contributed by atoms with van der Waals surface area (Å²) in [5.41, 5.74) is 0.984. The van der Waals surface area contributed by atoms with Gasteiger partial charge in [0.1, 0.15) is 12.1 Å². The molecule has 2 aromatic rings. The Labute approximate surface area is 196 Å². The van der Waals surface area contributed by atoms with Gasteiger partial charge in [0.2, 0.25) is 5.52 Å². The SMILES string of the molecule is CC1=NN(C)c2ncnc3c2n1c[n+]3C1CC(COP(=O)([O-])OP(=O)([O-])OP(=O)([O-])[O-])C(O)C1O. The molecule has 1 fully saturated rings. The molecule has 2 aromatic heterocycles. The van der Waals surface area contributed by atoms with Crippen LogP contribution in [0.4, 0.5) is 5.82 Å². The fraction of sp³-hybridized carbons (Fsp3) is 0.571. The summed E-state index contributed by atoms with van der Waals surface area (Å²) in [6, 6.07) is -0.811. The van der Waals surface area contributed by atoms with Gasteiger partial charge in [0.25, 0.3) is 15.6 Å². The quantitative estimate of drug-likeness (QED) is 0.236. The lowest BCUT2D eigenvalue weighted by molar-refractivity contribution is -0.706. The highest BCUT2D eigenvalue weighted by molar-refractivity contribution is 7.64. The fourth-order valence-corrected chi connectivity index (χ4v) is 6.96. The number of phosphoric acid groups is 3. The summed E-state index contributed by atoms with van der Waals surface area (Å²) in [6.45, 7) is 0.889. The van der Waals surface area contributed by atoms with Crippen molar-refractivity contribution in [2.45, 2.75) is 31.6 Å². The molecule has 194 valence electrons. The van der Waals surface area contributed by atoms with E-state index in [4.69, 9.17) is 0 Å². The van der Waals surface area contributed by atoms with Crippen molar-refractivity contribution in [2.75, 3.05) is 18.7 Å². The van der Waals surface area contributed by atoms with E-state index in [1.807, 2.05) is 0 Å². The Bertz CT molecular complexity index is 1330. The van der Waals surface area contributed by atoms with Crippen LogP contribution < -0.4 is 29.1 Å². The van der Waals surface area contributed by atoms with E-state index >= 15 is 0 Å². The van der Waals surface area contributed by atoms with Crippen molar-refractivity contribution in [3.05, 3.63) is 12.7 Å². The van der Waals surface area contributed by atoms with Crippen molar-refractivity contribution >= 4 is 46.3 Å². The number of phosphoric ester groups is 1. The second-order valence-corrected chi connectivity index (χ2v) is 12.0. The molecule has 2 aliphatic rings. The number of aliphatic hydroxyl groups excluding tert-OH is 2. The molecule has 0 aromatic carbocycles. The molecule has 0 radical (unpaired) electrons. The van der Waals surface area contributed by atoms with Crippen LogP contribution in [0.2, 0.25) is 0 Å². The van der Waals surface area contributed by atoms with Gasteiger partial charge >= 0.3 is 5.65 Å². The Hall–Kier alpha value is -1.65. The first kappa shape index (κ1) is 26.4. The summed E-state index contributed by atoms with van der Waals surface area (Å²) in [7, 11) is -16.3. The third-order valence-corrected chi connectivity index (χ3v) is 9.10. The van der Waals surface area contributed by atoms with Crippen LogP contribution in [0.3, 0.4) is 0 Å². The average molecular weight is 555 g/mol. The van der Waals surface area contributed by atoms with Gasteiger partial charge in [-0.3, -0.25) is 13.4 Å². The summed E-state index contributed by atoms with van der Waals surface area (Å²) in [5, 5.41) is 27.0. The van der Waals surface area contributed by atoms with E-state index in [1.54, 1.807) is 34.4 Å². The second-order valence-electron chi connectivity index (χ2n) is 7.78. The van der Waals surface area contributed by atoms with Crippen LogP contribution in [0.15, 0.2) is 17.8 Å². The molecule has 0 spiro atoms. The van der Waals surface area contributed by atoms with Gasteiger partial charge < -0.3 is 38.9 Å². The number of aromatic nitrogens is 4. The van der Waals surface area contributed by atoms with Gasteiger partial charge in [0.05, 0.1) is 20.5 Å². The Balaban J connectivity index is 1.52. The lowest BCUT2D eigenvalue weighted by atomic mass is 10.1. The minimum Gasteiger partial charge on any atom is -0.790 e. The topological polar surface area (TPSA) is 262 Å². The minimum absolute atomic E-state index is 0.0423. The van der Waals surface area contributed by atoms with Gasteiger partial charge in [-0.05, 0) is 6.42 Å². The third-order valence-electron chi connectivity index (χ3n) is 5.43. The predicted octanol–water partition coefficient (Wildman–Crippen LogP) is -3.55. The van der Waals surface area contributed by atoms with Gasteiger partial charge in [-0.1, -0.05) is 4.98 Å². The molecule has 0 saturated heterocycles. The molecule has 2 N–H and O–H groups in total. The Morgan fingerprint density at radius 2 is 1.80 bits per heavy atom. The zero-order chi connectivity index (χ0) is 25.9. The number of imidazole rings is 1. The highest BCUT2D eigenvalue weighted by Gasteiger charge is 2.46. The standard InChI is InChI=1S/C14H21N6O12P3/c1-7-17-18(2)13-10-14(16-5-15-13)20(6-19(7)10)9-3-8(11(21)12(9)22)4-30-34(26,27)32-35(28,29)31-33(23,24)25/h5-6,8-9,11-12,21-22H,3-4H2,1-2H3,(H3-,23,24,25,26,27,28,29)/p-3. The van der Waals surface area contributed by atoms with E-state index in [0.717, 1.165) is 0 Å². The maximum absolute atomic E-state index is 11.8. The van der Waals surface area contributed by atoms with Gasteiger partial charge in [-0.25, -0.2) is 18.5 Å². The molecule has 4 rings (SSSR count). The van der Waals surface area contributed by atoms with E-state index in [2.05, 4.69) is 28.2 Å². The lowest BCUT2D eigenvalue weighted by Crippen LogP contribution is -2.45. The number of hydrogen-bond donors (Lipinski definition) is 2. The predicted molar refractivity (Wildman–Crippen MR) is 105 cm³/mol. The van der Waals surface area contributed by atoms with Gasteiger partial charge in [-0.15, -0.1) is 5.10 Å². The Morgan fingerprint density at radius 3 is 2.46 bits per heavy atom. The summed E-state index contributed by atoms with van der Waals surface area (Å²) in [5.74, 6) is 0.0234. The minimum atomic E-state index is -6.12. The monoisotopic (exact) mass is 555 g/mol. The number of rotatable bonds is 8. The number of nitrogens with zero attached hydrogens (tertiary/aromatic N) is 6. The van der Waals surface area contributed by atoms with E-state index in [0.29, 0.717) is 22.8 Å². The third kappa shape index (κ3) is 5.39. The molecule has 3 heterocycles. The van der Waals surface area contributed by atoms with Gasteiger partial charge in [-0.2, -0.15) is 4.98 Å². The normalized spacial score (nSPS) is 28.1. The number of hydrazone groups is 1. The average Bonchev–Trinajstić information content (AvgIpc) is 3.21. The van der Waals surface area contributed by atoms with E-state index in [9.17, 15) is 43.5 Å². The Kier molecular flexibility index (Phi) is 6.81. The molecule has 1 aliphatic heterocycles. The number of anilines is 1. The highest BCUT2D eigenvalue weighted by atomic mass is 31.3. The summed E-state index contributed by atoms with van der Waals surface area (Å²) in [6.07, 6.45) is -0.0714. The van der Waals surface area contributed by atoms with Crippen LogP contribution in [0, 0.1) is 5.92 Å². The smallest absolute Gasteiger partial charge is 0.308 e. The molecule has 0 bridgehead atoms. The van der Waals surface area contributed by atoms with Crippen LogP contribution in [-0.4, -0.2) is 56.4 Å². The zero-order valence-corrected chi connectivity index (χ0v) is 20.6. The van der Waals surface area contributed by atoms with Gasteiger partial charge in [0, 0.05) is 19.9 Å². The molecule has 6 unspecified atom stereocenters. The zero-order valence-electron chi connectivity index (χ0n) is 17.9. The Morgan fingerprint density at radius 1 is 1.11 bits per heavy atom. The molecule has 6 atom stereocenters. The van der Waals surface area contributed by atoms with Crippen molar-refractivity contribution in [3.8, 4) is 0 Å². The van der Waals surface area contributed by atoms with E-state index in [1.165, 1.54) is 6.33 Å². The maximum Gasteiger partial charge on any atom is 0.308 e. The van der Waals surface area contributed by atoms with Crippen LogP contribution in [-0.2, 0) is 26.8 Å². The van der Waals surface area contributed by atoms with Crippen molar-refractivity contribution < 1.29 is 61.2 Å². The first-order chi connectivity index (χ1) is 16.1. The van der Waals surface area contributed by atoms with Crippen molar-refractivity contribution in [3.63, 3.8) is 0 Å². The number of aliphatic hydroxyl groups is 2. The fourth-order valence-electron chi connectivity index (χ4n) is 4.05. The van der Waals surface area contributed by atoms with E-state index in [-0.39, 0.29) is 6.42 Å². The van der Waals surface area contributed by atoms with E-state index < -0.39 is 54.2 Å². The molecular formula is C14H18N6O12P3-3. The first-order valence-corrected chi connectivity index (χ1v) is 14.1. The molecule has 1 aliphatic carbocycles. The molecule has 21 heteroatoms. The maximum atomic E-state index is 11.8. The van der Waals surface area contributed by atoms with Crippen molar-refractivity contribution in [1.82, 2.24) is 14.5 Å². The highest BCUT2D eigenvalue weighted by Crippen LogP contribution is 2.60. The van der Waals surface area contributed by atoms with Crippen LogP contribution in [0.25, 0.3) is 11.2 Å². The van der Waals surface area contributed by atoms with Gasteiger partial charge in [0.15, 0.2) is 24.3 Å². The van der Waals surface area contributed by atoms with Crippen LogP contribution >= 0.6 is 23.5 Å². The molecule has 18 nitrogen and oxygen atoms in total. The van der Waals surface area contributed by atoms with Crippen LogP contribution in [0.1, 0.15) is 19.4 Å². The summed E-state index contributed by atoms with van der Waals surface area (Å²) < 4.78 is 47.8.